The highest BCUT2D eigenvalue weighted by Gasteiger charge is 2.30. The van der Waals surface area contributed by atoms with Crippen LogP contribution in [0.15, 0.2) is 18.2 Å². The Morgan fingerprint density at radius 2 is 2.14 bits per heavy atom. The van der Waals surface area contributed by atoms with Crippen molar-refractivity contribution in [1.29, 1.82) is 0 Å². The molecule has 0 radical (unpaired) electrons. The molecule has 2 rings (SSSR count). The average molecular weight is 309 g/mol. The molecular formula is C17H27NO4. The number of aliphatic hydroxyl groups excluding tert-OH is 1. The van der Waals surface area contributed by atoms with Crippen LogP contribution in [0.2, 0.25) is 0 Å². The molecule has 0 saturated heterocycles. The summed E-state index contributed by atoms with van der Waals surface area (Å²) < 4.78 is 16.6. The molecule has 1 aliphatic rings. The molecule has 3 N–H and O–H groups in total. The van der Waals surface area contributed by atoms with E-state index < -0.39 is 6.29 Å². The Balaban J connectivity index is 1.85. The molecule has 1 aromatic carbocycles. The number of benzene rings is 1. The molecule has 22 heavy (non-hydrogen) atoms. The normalized spacial score (nSPS) is 21.6. The summed E-state index contributed by atoms with van der Waals surface area (Å²) in [7, 11) is 0. The summed E-state index contributed by atoms with van der Waals surface area (Å²) in [6.07, 6.45) is 1.35. The van der Waals surface area contributed by atoms with E-state index in [-0.39, 0.29) is 12.1 Å². The molecule has 3 unspecified atom stereocenters. The first-order chi connectivity index (χ1) is 10.7. The highest BCUT2D eigenvalue weighted by Crippen LogP contribution is 2.35. The number of rotatable bonds is 9. The number of ether oxygens (including phenoxy) is 3. The van der Waals surface area contributed by atoms with Crippen LogP contribution in [0.25, 0.3) is 0 Å². The van der Waals surface area contributed by atoms with Crippen molar-refractivity contribution < 1.29 is 19.3 Å². The van der Waals surface area contributed by atoms with E-state index in [1.165, 1.54) is 5.56 Å². The van der Waals surface area contributed by atoms with Gasteiger partial charge in [0.15, 0.2) is 6.29 Å². The second-order valence-electron chi connectivity index (χ2n) is 5.51. The summed E-state index contributed by atoms with van der Waals surface area (Å²) >= 11 is 0. The fraction of sp³-hybridized carbons (Fsp3) is 0.647. The van der Waals surface area contributed by atoms with Crippen molar-refractivity contribution in [3.05, 3.63) is 29.3 Å². The van der Waals surface area contributed by atoms with Gasteiger partial charge in [0.2, 0.25) is 0 Å². The van der Waals surface area contributed by atoms with Gasteiger partial charge in [0.05, 0.1) is 12.7 Å². The minimum Gasteiger partial charge on any atom is -0.494 e. The predicted octanol–water partition coefficient (Wildman–Crippen LogP) is 2.16. The maximum absolute atomic E-state index is 9.52. The maximum Gasteiger partial charge on any atom is 0.154 e. The molecule has 3 atom stereocenters. The summed E-state index contributed by atoms with van der Waals surface area (Å²) in [5.74, 6) is 0.883. The largest absolute Gasteiger partial charge is 0.494 e. The molecule has 0 aliphatic heterocycles. The van der Waals surface area contributed by atoms with Crippen molar-refractivity contribution in [3.63, 3.8) is 0 Å². The third-order valence-corrected chi connectivity index (χ3v) is 3.83. The number of fused-ring (bicyclic) bond motifs is 1. The zero-order chi connectivity index (χ0) is 15.9. The van der Waals surface area contributed by atoms with Crippen LogP contribution in [0, 0.1) is 0 Å². The van der Waals surface area contributed by atoms with Gasteiger partial charge in [-0.1, -0.05) is 6.07 Å². The standard InChI is InChI=1S/C17H27NO4/c1-3-20-13-7-8-14-12(10-13)11-15(18)17(14)22-9-5-6-16(19)21-4-2/h7-8,10,15-17,19H,3-6,9,11,18H2,1-2H3. The van der Waals surface area contributed by atoms with E-state index in [9.17, 15) is 5.11 Å². The molecule has 0 fully saturated rings. The lowest BCUT2D eigenvalue weighted by Gasteiger charge is -2.18. The fourth-order valence-corrected chi connectivity index (χ4v) is 2.84. The van der Waals surface area contributed by atoms with Crippen molar-refractivity contribution in [3.8, 4) is 5.75 Å². The van der Waals surface area contributed by atoms with Crippen LogP contribution >= 0.6 is 0 Å². The van der Waals surface area contributed by atoms with Gasteiger partial charge in [-0.2, -0.15) is 0 Å². The summed E-state index contributed by atoms with van der Waals surface area (Å²) in [6.45, 7) is 5.58. The average Bonchev–Trinajstić information content (AvgIpc) is 2.79. The monoisotopic (exact) mass is 309 g/mol. The quantitative estimate of drug-likeness (QED) is 0.540. The van der Waals surface area contributed by atoms with Crippen molar-refractivity contribution in [2.45, 2.75) is 51.5 Å². The zero-order valence-corrected chi connectivity index (χ0v) is 13.5. The van der Waals surface area contributed by atoms with Crippen molar-refractivity contribution >= 4 is 0 Å². The second-order valence-corrected chi connectivity index (χ2v) is 5.51. The van der Waals surface area contributed by atoms with Crippen LogP contribution in [0.1, 0.15) is 43.9 Å². The van der Waals surface area contributed by atoms with Crippen LogP contribution in [0.4, 0.5) is 0 Å². The molecule has 0 spiro atoms. The van der Waals surface area contributed by atoms with Gasteiger partial charge in [-0.15, -0.1) is 0 Å². The van der Waals surface area contributed by atoms with Gasteiger partial charge >= 0.3 is 0 Å². The van der Waals surface area contributed by atoms with Gasteiger partial charge in [-0.25, -0.2) is 0 Å². The number of hydrogen-bond donors (Lipinski definition) is 2. The van der Waals surface area contributed by atoms with Crippen LogP contribution in [0.5, 0.6) is 5.75 Å². The van der Waals surface area contributed by atoms with Gasteiger partial charge in [-0.3, -0.25) is 0 Å². The predicted molar refractivity (Wildman–Crippen MR) is 84.9 cm³/mol. The molecule has 0 amide bonds. The SMILES string of the molecule is CCOc1ccc2c(c1)CC(N)C2OCCCC(O)OCC. The Morgan fingerprint density at radius 1 is 1.32 bits per heavy atom. The first kappa shape index (κ1) is 17.2. The lowest BCUT2D eigenvalue weighted by atomic mass is 10.1. The summed E-state index contributed by atoms with van der Waals surface area (Å²) in [5.41, 5.74) is 8.56. The van der Waals surface area contributed by atoms with Gasteiger partial charge in [0, 0.05) is 25.7 Å². The molecule has 0 heterocycles. The number of hydrogen-bond acceptors (Lipinski definition) is 5. The number of aliphatic hydroxyl groups is 1. The lowest BCUT2D eigenvalue weighted by molar-refractivity contribution is -0.103. The molecule has 0 aromatic heterocycles. The summed E-state index contributed by atoms with van der Waals surface area (Å²) in [4.78, 5) is 0. The Morgan fingerprint density at radius 3 is 2.86 bits per heavy atom. The molecule has 5 heteroatoms. The van der Waals surface area contributed by atoms with E-state index in [4.69, 9.17) is 19.9 Å². The Hall–Kier alpha value is -1.14. The molecule has 124 valence electrons. The minimum absolute atomic E-state index is 0.0244. The van der Waals surface area contributed by atoms with Crippen molar-refractivity contribution in [2.24, 2.45) is 5.73 Å². The van der Waals surface area contributed by atoms with Gasteiger partial charge in [0.1, 0.15) is 5.75 Å². The van der Waals surface area contributed by atoms with Crippen LogP contribution < -0.4 is 10.5 Å². The van der Waals surface area contributed by atoms with Crippen molar-refractivity contribution in [2.75, 3.05) is 19.8 Å². The molecule has 5 nitrogen and oxygen atoms in total. The zero-order valence-electron chi connectivity index (χ0n) is 13.5. The summed E-state index contributed by atoms with van der Waals surface area (Å²) in [6, 6.07) is 6.05. The van der Waals surface area contributed by atoms with E-state index in [0.29, 0.717) is 26.2 Å². The van der Waals surface area contributed by atoms with Crippen LogP contribution in [-0.2, 0) is 15.9 Å². The van der Waals surface area contributed by atoms with Gasteiger partial charge in [-0.05, 0) is 49.9 Å². The van der Waals surface area contributed by atoms with E-state index in [2.05, 4.69) is 6.07 Å². The Labute approximate surface area is 132 Å². The molecular weight excluding hydrogens is 282 g/mol. The molecule has 1 aromatic rings. The highest BCUT2D eigenvalue weighted by atomic mass is 16.6. The number of nitrogens with two attached hydrogens (primary N) is 1. The van der Waals surface area contributed by atoms with Crippen LogP contribution in [-0.4, -0.2) is 37.3 Å². The van der Waals surface area contributed by atoms with E-state index >= 15 is 0 Å². The topological polar surface area (TPSA) is 73.9 Å². The van der Waals surface area contributed by atoms with Crippen molar-refractivity contribution in [1.82, 2.24) is 0 Å². The van der Waals surface area contributed by atoms with Gasteiger partial charge in [0.25, 0.3) is 0 Å². The van der Waals surface area contributed by atoms with E-state index in [0.717, 1.165) is 24.2 Å². The van der Waals surface area contributed by atoms with Gasteiger partial charge < -0.3 is 25.1 Å². The lowest BCUT2D eigenvalue weighted by Crippen LogP contribution is -2.27. The molecule has 0 saturated carbocycles. The Kier molecular flexibility index (Phi) is 6.64. The summed E-state index contributed by atoms with van der Waals surface area (Å²) in [5, 5.41) is 9.52. The van der Waals surface area contributed by atoms with E-state index in [1.807, 2.05) is 26.0 Å². The molecule has 1 aliphatic carbocycles. The maximum atomic E-state index is 9.52. The third-order valence-electron chi connectivity index (χ3n) is 3.83. The third kappa shape index (κ3) is 4.43. The Bertz CT molecular complexity index is 466. The van der Waals surface area contributed by atoms with Crippen LogP contribution in [0.3, 0.4) is 0 Å². The second kappa shape index (κ2) is 8.48. The first-order valence-electron chi connectivity index (χ1n) is 8.08. The molecule has 0 bridgehead atoms. The highest BCUT2D eigenvalue weighted by molar-refractivity contribution is 5.41. The first-order valence-corrected chi connectivity index (χ1v) is 8.08. The minimum atomic E-state index is -0.702. The van der Waals surface area contributed by atoms with E-state index in [1.54, 1.807) is 0 Å². The smallest absolute Gasteiger partial charge is 0.154 e. The fourth-order valence-electron chi connectivity index (χ4n) is 2.84.